The van der Waals surface area contributed by atoms with Crippen LogP contribution in [0.1, 0.15) is 49.3 Å². The van der Waals surface area contributed by atoms with Gasteiger partial charge >= 0.3 is 0 Å². The minimum absolute atomic E-state index is 0.0607. The minimum Gasteiger partial charge on any atom is -0.393 e. The highest BCUT2D eigenvalue weighted by Gasteiger charge is 2.34. The number of benzene rings is 1. The summed E-state index contributed by atoms with van der Waals surface area (Å²) in [6.45, 7) is 2.33. The molecule has 0 saturated heterocycles. The Morgan fingerprint density at radius 3 is 2.88 bits per heavy atom. The second kappa shape index (κ2) is 4.13. The van der Waals surface area contributed by atoms with E-state index in [1.54, 1.807) is 11.1 Å². The van der Waals surface area contributed by atoms with Gasteiger partial charge in [0, 0.05) is 0 Å². The van der Waals surface area contributed by atoms with Crippen molar-refractivity contribution in [3.8, 4) is 0 Å². The summed E-state index contributed by atoms with van der Waals surface area (Å²) in [5.74, 6) is 0. The number of hydrogen-bond acceptors (Lipinski definition) is 1. The zero-order chi connectivity index (χ0) is 11.9. The van der Waals surface area contributed by atoms with Gasteiger partial charge in [0.25, 0.3) is 0 Å². The summed E-state index contributed by atoms with van der Waals surface area (Å²) in [5.41, 5.74) is 4.93. The maximum Gasteiger partial charge on any atom is 0.0545 e. The molecule has 2 unspecified atom stereocenters. The van der Waals surface area contributed by atoms with Crippen LogP contribution in [0.2, 0.25) is 0 Å². The molecule has 0 bridgehead atoms. The quantitative estimate of drug-likeness (QED) is 0.826. The Morgan fingerprint density at radius 1 is 1.29 bits per heavy atom. The molecule has 2 atom stereocenters. The fourth-order valence-electron chi connectivity index (χ4n) is 3.68. The van der Waals surface area contributed by atoms with Crippen molar-refractivity contribution < 1.29 is 5.11 Å². The predicted octanol–water partition coefficient (Wildman–Crippen LogP) is 3.27. The third-order valence-electron chi connectivity index (χ3n) is 4.60. The Labute approximate surface area is 104 Å². The molecule has 1 aromatic carbocycles. The SMILES string of the molecule is CC1(Cc2ccc3c(c2)CCC3)CCC(O)C1. The van der Waals surface area contributed by atoms with Gasteiger partial charge in [-0.1, -0.05) is 25.1 Å². The molecule has 2 aliphatic carbocycles. The van der Waals surface area contributed by atoms with Crippen LogP contribution in [0.25, 0.3) is 0 Å². The van der Waals surface area contributed by atoms with Gasteiger partial charge in [-0.05, 0) is 67.1 Å². The summed E-state index contributed by atoms with van der Waals surface area (Å²) >= 11 is 0. The highest BCUT2D eigenvalue weighted by Crippen LogP contribution is 2.41. The molecular weight excluding hydrogens is 208 g/mol. The van der Waals surface area contributed by atoms with E-state index < -0.39 is 0 Å². The average Bonchev–Trinajstić information content (AvgIpc) is 2.85. The van der Waals surface area contributed by atoms with Crippen LogP contribution in [0.15, 0.2) is 18.2 Å². The summed E-state index contributed by atoms with van der Waals surface area (Å²) in [5, 5.41) is 9.70. The van der Waals surface area contributed by atoms with Gasteiger partial charge in [-0.2, -0.15) is 0 Å². The lowest BCUT2D eigenvalue weighted by atomic mass is 9.81. The number of fused-ring (bicyclic) bond motifs is 1. The fraction of sp³-hybridized carbons (Fsp3) is 0.625. The van der Waals surface area contributed by atoms with Gasteiger partial charge in [-0.15, -0.1) is 0 Å². The fourth-order valence-corrected chi connectivity index (χ4v) is 3.68. The van der Waals surface area contributed by atoms with E-state index in [2.05, 4.69) is 25.1 Å². The van der Waals surface area contributed by atoms with Crippen molar-refractivity contribution in [2.24, 2.45) is 5.41 Å². The molecule has 0 aromatic heterocycles. The molecule has 0 aliphatic heterocycles. The highest BCUT2D eigenvalue weighted by molar-refractivity contribution is 5.35. The number of aryl methyl sites for hydroxylation is 2. The van der Waals surface area contributed by atoms with E-state index in [1.165, 1.54) is 31.2 Å². The van der Waals surface area contributed by atoms with Crippen LogP contribution < -0.4 is 0 Å². The molecule has 92 valence electrons. The lowest BCUT2D eigenvalue weighted by Crippen LogP contribution is -2.16. The van der Waals surface area contributed by atoms with E-state index >= 15 is 0 Å². The smallest absolute Gasteiger partial charge is 0.0545 e. The van der Waals surface area contributed by atoms with Crippen molar-refractivity contribution >= 4 is 0 Å². The average molecular weight is 230 g/mol. The van der Waals surface area contributed by atoms with E-state index in [1.807, 2.05) is 0 Å². The monoisotopic (exact) mass is 230 g/mol. The summed E-state index contributed by atoms with van der Waals surface area (Å²) in [7, 11) is 0. The summed E-state index contributed by atoms with van der Waals surface area (Å²) in [6.07, 6.45) is 8.08. The number of aliphatic hydroxyl groups excluding tert-OH is 1. The van der Waals surface area contributed by atoms with Gasteiger partial charge in [0.1, 0.15) is 0 Å². The first-order chi connectivity index (χ1) is 8.15. The zero-order valence-corrected chi connectivity index (χ0v) is 10.7. The molecule has 0 spiro atoms. The van der Waals surface area contributed by atoms with Crippen molar-refractivity contribution in [2.75, 3.05) is 0 Å². The van der Waals surface area contributed by atoms with E-state index in [0.29, 0.717) is 5.41 Å². The highest BCUT2D eigenvalue weighted by atomic mass is 16.3. The van der Waals surface area contributed by atoms with Crippen LogP contribution in [0.4, 0.5) is 0 Å². The molecule has 1 aromatic rings. The van der Waals surface area contributed by atoms with Crippen LogP contribution in [0, 0.1) is 5.41 Å². The van der Waals surface area contributed by atoms with Gasteiger partial charge in [0.15, 0.2) is 0 Å². The molecule has 0 heterocycles. The molecule has 17 heavy (non-hydrogen) atoms. The number of rotatable bonds is 2. The Morgan fingerprint density at radius 2 is 2.12 bits per heavy atom. The topological polar surface area (TPSA) is 20.2 Å². The van der Waals surface area contributed by atoms with Gasteiger partial charge in [0.2, 0.25) is 0 Å². The first kappa shape index (κ1) is 11.3. The first-order valence-electron chi connectivity index (χ1n) is 6.93. The minimum atomic E-state index is -0.0607. The molecule has 0 amide bonds. The molecule has 1 N–H and O–H groups in total. The van der Waals surface area contributed by atoms with Gasteiger partial charge in [-0.3, -0.25) is 0 Å². The second-order valence-electron chi connectivity index (χ2n) is 6.34. The van der Waals surface area contributed by atoms with E-state index in [0.717, 1.165) is 19.3 Å². The molecule has 1 saturated carbocycles. The molecule has 2 aliphatic rings. The molecule has 0 radical (unpaired) electrons. The Hall–Kier alpha value is -0.820. The summed E-state index contributed by atoms with van der Waals surface area (Å²) in [6, 6.07) is 7.05. The third kappa shape index (κ3) is 2.26. The predicted molar refractivity (Wildman–Crippen MR) is 70.1 cm³/mol. The first-order valence-corrected chi connectivity index (χ1v) is 6.93. The molecule has 3 rings (SSSR count). The van der Waals surface area contributed by atoms with Crippen molar-refractivity contribution in [1.29, 1.82) is 0 Å². The van der Waals surface area contributed by atoms with Crippen LogP contribution >= 0.6 is 0 Å². The van der Waals surface area contributed by atoms with Crippen molar-refractivity contribution in [2.45, 2.75) is 58.0 Å². The van der Waals surface area contributed by atoms with Crippen LogP contribution in [-0.2, 0) is 19.3 Å². The molecule has 1 heteroatoms. The standard InChI is InChI=1S/C16H22O/c1-16(8-7-15(17)11-16)10-12-5-6-13-3-2-4-14(13)9-12/h5-6,9,15,17H,2-4,7-8,10-11H2,1H3. The normalized spacial score (nSPS) is 31.8. The van der Waals surface area contributed by atoms with E-state index in [4.69, 9.17) is 0 Å². The van der Waals surface area contributed by atoms with Crippen LogP contribution in [-0.4, -0.2) is 11.2 Å². The Bertz CT molecular complexity index is 424. The van der Waals surface area contributed by atoms with Gasteiger partial charge in [0.05, 0.1) is 6.10 Å². The second-order valence-corrected chi connectivity index (χ2v) is 6.34. The number of hydrogen-bond donors (Lipinski definition) is 1. The van der Waals surface area contributed by atoms with Crippen LogP contribution in [0.5, 0.6) is 0 Å². The van der Waals surface area contributed by atoms with Gasteiger partial charge in [-0.25, -0.2) is 0 Å². The van der Waals surface area contributed by atoms with E-state index in [9.17, 15) is 5.11 Å². The summed E-state index contributed by atoms with van der Waals surface area (Å²) < 4.78 is 0. The van der Waals surface area contributed by atoms with Crippen LogP contribution in [0.3, 0.4) is 0 Å². The van der Waals surface area contributed by atoms with Gasteiger partial charge < -0.3 is 5.11 Å². The lowest BCUT2D eigenvalue weighted by Gasteiger charge is -2.24. The maximum absolute atomic E-state index is 9.70. The summed E-state index contributed by atoms with van der Waals surface area (Å²) in [4.78, 5) is 0. The molecule has 1 nitrogen and oxygen atoms in total. The Balaban J connectivity index is 1.77. The molecular formula is C16H22O. The van der Waals surface area contributed by atoms with E-state index in [-0.39, 0.29) is 6.10 Å². The van der Waals surface area contributed by atoms with Crippen molar-refractivity contribution in [1.82, 2.24) is 0 Å². The number of aliphatic hydroxyl groups is 1. The lowest BCUT2D eigenvalue weighted by molar-refractivity contribution is 0.163. The third-order valence-corrected chi connectivity index (χ3v) is 4.60. The zero-order valence-electron chi connectivity index (χ0n) is 10.7. The van der Waals surface area contributed by atoms with Crippen molar-refractivity contribution in [3.05, 3.63) is 34.9 Å². The largest absolute Gasteiger partial charge is 0.393 e. The Kier molecular flexibility index (Phi) is 2.74. The van der Waals surface area contributed by atoms with Crippen molar-refractivity contribution in [3.63, 3.8) is 0 Å². The maximum atomic E-state index is 9.70. The molecule has 1 fully saturated rings.